The van der Waals surface area contributed by atoms with Crippen LogP contribution in [0.25, 0.3) is 0 Å². The highest BCUT2D eigenvalue weighted by atomic mass is 35.5. The molecule has 0 saturated heterocycles. The highest BCUT2D eigenvalue weighted by molar-refractivity contribution is 7.09. The van der Waals surface area contributed by atoms with Gasteiger partial charge in [-0.25, -0.2) is 4.98 Å². The van der Waals surface area contributed by atoms with Gasteiger partial charge in [0.25, 0.3) is 0 Å². The number of hydrogen-bond acceptors (Lipinski definition) is 3. The Morgan fingerprint density at radius 1 is 1.37 bits per heavy atom. The number of nitrogens with zero attached hydrogens (tertiary/aromatic N) is 2. The van der Waals surface area contributed by atoms with Gasteiger partial charge < -0.3 is 4.90 Å². The molecule has 0 bridgehead atoms. The Labute approximate surface area is 124 Å². The Bertz CT molecular complexity index is 524. The van der Waals surface area contributed by atoms with E-state index in [0.29, 0.717) is 5.88 Å². The molecule has 1 aromatic carbocycles. The third-order valence-corrected chi connectivity index (χ3v) is 4.31. The van der Waals surface area contributed by atoms with Crippen molar-refractivity contribution in [1.29, 1.82) is 0 Å². The molecule has 0 N–H and O–H groups in total. The van der Waals surface area contributed by atoms with Crippen LogP contribution in [-0.2, 0) is 12.3 Å². The molecule has 19 heavy (non-hydrogen) atoms. The van der Waals surface area contributed by atoms with Crippen molar-refractivity contribution in [2.45, 2.75) is 26.1 Å². The van der Waals surface area contributed by atoms with Crippen molar-refractivity contribution in [2.75, 3.05) is 18.0 Å². The van der Waals surface area contributed by atoms with Gasteiger partial charge in [0.15, 0.2) is 0 Å². The van der Waals surface area contributed by atoms with Crippen molar-refractivity contribution >= 4 is 28.6 Å². The summed E-state index contributed by atoms with van der Waals surface area (Å²) in [7, 11) is 0. The Hall–Kier alpha value is -1.06. The molecular formula is C15H19ClN2S. The fourth-order valence-corrected chi connectivity index (χ4v) is 3.07. The third kappa shape index (κ3) is 3.95. The van der Waals surface area contributed by atoms with E-state index >= 15 is 0 Å². The van der Waals surface area contributed by atoms with Crippen LogP contribution < -0.4 is 4.90 Å². The van der Waals surface area contributed by atoms with Gasteiger partial charge in [-0.2, -0.15) is 0 Å². The molecule has 2 aromatic rings. The molecule has 4 heteroatoms. The van der Waals surface area contributed by atoms with Crippen LogP contribution >= 0.6 is 22.9 Å². The lowest BCUT2D eigenvalue weighted by Gasteiger charge is -2.23. The SMILES string of the molecule is CCN(CCc1nc(CCl)cs1)c1cccc(C)c1. The van der Waals surface area contributed by atoms with Crippen molar-refractivity contribution in [3.63, 3.8) is 0 Å². The zero-order chi connectivity index (χ0) is 13.7. The van der Waals surface area contributed by atoms with Crippen LogP contribution in [0.4, 0.5) is 5.69 Å². The highest BCUT2D eigenvalue weighted by Gasteiger charge is 2.07. The maximum atomic E-state index is 5.78. The summed E-state index contributed by atoms with van der Waals surface area (Å²) in [5.74, 6) is 0.506. The van der Waals surface area contributed by atoms with E-state index in [9.17, 15) is 0 Å². The van der Waals surface area contributed by atoms with Crippen molar-refractivity contribution in [3.8, 4) is 0 Å². The van der Waals surface area contributed by atoms with Crippen LogP contribution in [0.3, 0.4) is 0 Å². The van der Waals surface area contributed by atoms with E-state index in [4.69, 9.17) is 11.6 Å². The maximum absolute atomic E-state index is 5.78. The Morgan fingerprint density at radius 2 is 2.21 bits per heavy atom. The summed E-state index contributed by atoms with van der Waals surface area (Å²) in [4.78, 5) is 6.89. The molecule has 0 atom stereocenters. The number of anilines is 1. The van der Waals surface area contributed by atoms with Crippen LogP contribution in [-0.4, -0.2) is 18.1 Å². The topological polar surface area (TPSA) is 16.1 Å². The second-order valence-electron chi connectivity index (χ2n) is 4.53. The fourth-order valence-electron chi connectivity index (χ4n) is 2.05. The second-order valence-corrected chi connectivity index (χ2v) is 5.74. The van der Waals surface area contributed by atoms with Gasteiger partial charge in [-0.05, 0) is 31.5 Å². The summed E-state index contributed by atoms with van der Waals surface area (Å²) in [6.45, 7) is 6.33. The number of thiazole rings is 1. The summed E-state index contributed by atoms with van der Waals surface area (Å²) >= 11 is 7.48. The van der Waals surface area contributed by atoms with Gasteiger partial charge in [-0.1, -0.05) is 12.1 Å². The van der Waals surface area contributed by atoms with Crippen molar-refractivity contribution < 1.29 is 0 Å². The van der Waals surface area contributed by atoms with Gasteiger partial charge >= 0.3 is 0 Å². The standard InChI is InChI=1S/C15H19ClN2S/c1-3-18(14-6-4-5-12(2)9-14)8-7-15-17-13(10-16)11-19-15/h4-6,9,11H,3,7-8,10H2,1-2H3. The predicted octanol–water partition coefficient (Wildman–Crippen LogP) is 4.26. The van der Waals surface area contributed by atoms with Crippen molar-refractivity contribution in [3.05, 3.63) is 45.9 Å². The van der Waals surface area contributed by atoms with Gasteiger partial charge in [-0.15, -0.1) is 22.9 Å². The first-order valence-corrected chi connectivity index (χ1v) is 7.95. The maximum Gasteiger partial charge on any atom is 0.0946 e. The molecule has 0 radical (unpaired) electrons. The first-order valence-electron chi connectivity index (χ1n) is 6.53. The molecule has 1 heterocycles. The largest absolute Gasteiger partial charge is 0.371 e. The summed E-state index contributed by atoms with van der Waals surface area (Å²) in [6, 6.07) is 8.64. The van der Waals surface area contributed by atoms with E-state index in [-0.39, 0.29) is 0 Å². The molecule has 0 aliphatic rings. The number of alkyl halides is 1. The number of hydrogen-bond donors (Lipinski definition) is 0. The van der Waals surface area contributed by atoms with Crippen LogP contribution in [0.1, 0.15) is 23.2 Å². The van der Waals surface area contributed by atoms with E-state index in [1.54, 1.807) is 11.3 Å². The van der Waals surface area contributed by atoms with Gasteiger partial charge in [0, 0.05) is 30.6 Å². The minimum absolute atomic E-state index is 0.506. The van der Waals surface area contributed by atoms with Crippen LogP contribution in [0.15, 0.2) is 29.6 Å². The van der Waals surface area contributed by atoms with Crippen LogP contribution in [0.2, 0.25) is 0 Å². The van der Waals surface area contributed by atoms with Gasteiger partial charge in [0.05, 0.1) is 16.6 Å². The summed E-state index contributed by atoms with van der Waals surface area (Å²) in [6.07, 6.45) is 0.976. The van der Waals surface area contributed by atoms with Crippen LogP contribution in [0, 0.1) is 6.92 Å². The van der Waals surface area contributed by atoms with E-state index < -0.39 is 0 Å². The van der Waals surface area contributed by atoms with Crippen molar-refractivity contribution in [1.82, 2.24) is 4.98 Å². The number of likely N-dealkylation sites (N-methyl/N-ethyl adjacent to an activating group) is 1. The molecule has 2 rings (SSSR count). The number of benzene rings is 1. The lowest BCUT2D eigenvalue weighted by molar-refractivity contribution is 0.803. The van der Waals surface area contributed by atoms with Crippen LogP contribution in [0.5, 0.6) is 0 Å². The molecule has 0 saturated carbocycles. The number of aromatic nitrogens is 1. The molecule has 0 unspecified atom stereocenters. The first-order chi connectivity index (χ1) is 9.22. The quantitative estimate of drug-likeness (QED) is 0.740. The van der Waals surface area contributed by atoms with Crippen molar-refractivity contribution in [2.24, 2.45) is 0 Å². The van der Waals surface area contributed by atoms with E-state index in [1.165, 1.54) is 16.3 Å². The van der Waals surface area contributed by atoms with E-state index in [1.807, 2.05) is 5.38 Å². The second kappa shape index (κ2) is 6.92. The molecule has 1 aromatic heterocycles. The molecule has 0 amide bonds. The van der Waals surface area contributed by atoms with E-state index in [2.05, 4.69) is 48.0 Å². The number of halogens is 1. The zero-order valence-electron chi connectivity index (χ0n) is 11.4. The van der Waals surface area contributed by atoms with E-state index in [0.717, 1.165) is 25.2 Å². The highest BCUT2D eigenvalue weighted by Crippen LogP contribution is 2.18. The lowest BCUT2D eigenvalue weighted by atomic mass is 10.2. The van der Waals surface area contributed by atoms with Gasteiger partial charge in [-0.3, -0.25) is 0 Å². The third-order valence-electron chi connectivity index (χ3n) is 3.08. The molecule has 0 fully saturated rings. The first kappa shape index (κ1) is 14.4. The monoisotopic (exact) mass is 294 g/mol. The molecule has 2 nitrogen and oxygen atoms in total. The summed E-state index contributed by atoms with van der Waals surface area (Å²) in [5.41, 5.74) is 3.58. The van der Waals surface area contributed by atoms with Gasteiger partial charge in [0.2, 0.25) is 0 Å². The predicted molar refractivity (Wildman–Crippen MR) is 84.4 cm³/mol. The Kier molecular flexibility index (Phi) is 5.23. The smallest absolute Gasteiger partial charge is 0.0946 e. The molecule has 0 aliphatic heterocycles. The van der Waals surface area contributed by atoms with Gasteiger partial charge in [0.1, 0.15) is 0 Å². The zero-order valence-corrected chi connectivity index (χ0v) is 13.0. The molecule has 102 valence electrons. The minimum Gasteiger partial charge on any atom is -0.371 e. The number of rotatable bonds is 6. The lowest BCUT2D eigenvalue weighted by Crippen LogP contribution is -2.25. The normalized spacial score (nSPS) is 10.7. The summed E-state index contributed by atoms with van der Waals surface area (Å²) in [5, 5.41) is 3.22. The Balaban J connectivity index is 1.99. The average molecular weight is 295 g/mol. The molecule has 0 spiro atoms. The fraction of sp³-hybridized carbons (Fsp3) is 0.400. The summed E-state index contributed by atoms with van der Waals surface area (Å²) < 4.78 is 0. The number of aryl methyl sites for hydroxylation is 1. The molecule has 0 aliphatic carbocycles. The average Bonchev–Trinajstić information content (AvgIpc) is 2.87. The minimum atomic E-state index is 0.506. The Morgan fingerprint density at radius 3 is 2.84 bits per heavy atom. The molecular weight excluding hydrogens is 276 g/mol.